The van der Waals surface area contributed by atoms with Gasteiger partial charge in [0, 0.05) is 62.8 Å². The lowest BCUT2D eigenvalue weighted by atomic mass is 10.1. The number of rotatable bonds is 4. The fourth-order valence-corrected chi connectivity index (χ4v) is 4.81. The molecule has 5 rings (SSSR count). The summed E-state index contributed by atoms with van der Waals surface area (Å²) in [6.45, 7) is 6.23. The Morgan fingerprint density at radius 1 is 0.939 bits per heavy atom. The van der Waals surface area contributed by atoms with Gasteiger partial charge < -0.3 is 14.7 Å². The molecule has 2 saturated heterocycles. The number of aromatic nitrogens is 3. The normalized spacial score (nSPS) is 18.8. The first-order chi connectivity index (χ1) is 16.0. The van der Waals surface area contributed by atoms with E-state index in [4.69, 9.17) is 21.6 Å². The smallest absolute Gasteiger partial charge is 0.227 e. The van der Waals surface area contributed by atoms with Crippen molar-refractivity contribution < 1.29 is 8.78 Å². The highest BCUT2D eigenvalue weighted by Crippen LogP contribution is 2.31. The molecule has 172 valence electrons. The second-order valence-electron chi connectivity index (χ2n) is 8.55. The Morgan fingerprint density at radius 3 is 2.48 bits per heavy atom. The molecule has 2 aliphatic heterocycles. The van der Waals surface area contributed by atoms with E-state index in [9.17, 15) is 8.78 Å². The highest BCUT2D eigenvalue weighted by molar-refractivity contribution is 6.33. The van der Waals surface area contributed by atoms with Gasteiger partial charge in [0.25, 0.3) is 0 Å². The molecule has 0 N–H and O–H groups in total. The van der Waals surface area contributed by atoms with Crippen molar-refractivity contribution >= 4 is 29.1 Å². The van der Waals surface area contributed by atoms with Crippen molar-refractivity contribution in [1.82, 2.24) is 15.0 Å². The molecule has 0 radical (unpaired) electrons. The van der Waals surface area contributed by atoms with E-state index in [1.54, 1.807) is 18.5 Å². The van der Waals surface area contributed by atoms with Gasteiger partial charge in [0.1, 0.15) is 5.82 Å². The summed E-state index contributed by atoms with van der Waals surface area (Å²) < 4.78 is 27.5. The van der Waals surface area contributed by atoms with Gasteiger partial charge in [-0.2, -0.15) is 4.98 Å². The third kappa shape index (κ3) is 4.44. The van der Waals surface area contributed by atoms with Crippen LogP contribution in [-0.4, -0.2) is 53.7 Å². The average Bonchev–Trinajstić information content (AvgIpc) is 3.36. The Balaban J connectivity index is 1.47. The second kappa shape index (κ2) is 9.09. The van der Waals surface area contributed by atoms with Crippen LogP contribution in [0.15, 0.2) is 42.7 Å². The molecule has 33 heavy (non-hydrogen) atoms. The van der Waals surface area contributed by atoms with E-state index >= 15 is 0 Å². The van der Waals surface area contributed by atoms with Crippen molar-refractivity contribution in [2.45, 2.75) is 25.8 Å². The number of benzene rings is 1. The van der Waals surface area contributed by atoms with Gasteiger partial charge in [0.05, 0.1) is 16.4 Å². The van der Waals surface area contributed by atoms with Crippen LogP contribution in [0.3, 0.4) is 0 Å². The molecule has 9 heteroatoms. The summed E-state index contributed by atoms with van der Waals surface area (Å²) in [5.74, 6) is -0.324. The van der Waals surface area contributed by atoms with Gasteiger partial charge in [0.15, 0.2) is 11.6 Å². The van der Waals surface area contributed by atoms with E-state index in [0.29, 0.717) is 22.2 Å². The van der Waals surface area contributed by atoms with Crippen molar-refractivity contribution in [1.29, 1.82) is 0 Å². The van der Waals surface area contributed by atoms with Crippen molar-refractivity contribution in [3.8, 4) is 11.3 Å². The molecule has 2 aromatic heterocycles. The Labute approximate surface area is 196 Å². The van der Waals surface area contributed by atoms with E-state index in [2.05, 4.69) is 26.6 Å². The molecule has 0 aliphatic carbocycles. The Hall–Kier alpha value is -3.00. The summed E-state index contributed by atoms with van der Waals surface area (Å²) in [7, 11) is 0. The Bertz CT molecular complexity index is 1150. The van der Waals surface area contributed by atoms with Gasteiger partial charge in [0.2, 0.25) is 5.95 Å². The van der Waals surface area contributed by atoms with Crippen LogP contribution < -0.4 is 14.7 Å². The molecule has 2 aliphatic rings. The summed E-state index contributed by atoms with van der Waals surface area (Å²) in [5.41, 5.74) is 2.10. The molecule has 6 nitrogen and oxygen atoms in total. The van der Waals surface area contributed by atoms with E-state index in [1.807, 2.05) is 12.1 Å². The van der Waals surface area contributed by atoms with E-state index in [1.165, 1.54) is 6.07 Å². The van der Waals surface area contributed by atoms with Gasteiger partial charge in [-0.1, -0.05) is 11.6 Å². The van der Waals surface area contributed by atoms with E-state index in [-0.39, 0.29) is 6.04 Å². The minimum Gasteiger partial charge on any atom is -0.366 e. The molecule has 0 amide bonds. The van der Waals surface area contributed by atoms with Gasteiger partial charge >= 0.3 is 0 Å². The topological polar surface area (TPSA) is 48.4 Å². The molecule has 3 aromatic rings. The second-order valence-corrected chi connectivity index (χ2v) is 8.96. The number of hydrogen-bond donors (Lipinski definition) is 0. The monoisotopic (exact) mass is 470 g/mol. The van der Waals surface area contributed by atoms with Crippen LogP contribution in [0.25, 0.3) is 11.3 Å². The summed E-state index contributed by atoms with van der Waals surface area (Å²) in [4.78, 5) is 20.3. The number of halogens is 3. The number of pyridine rings is 1. The lowest BCUT2D eigenvalue weighted by molar-refractivity contribution is 0.509. The summed E-state index contributed by atoms with van der Waals surface area (Å²) >= 11 is 6.36. The third-order valence-electron chi connectivity index (χ3n) is 6.32. The average molecular weight is 471 g/mol. The van der Waals surface area contributed by atoms with Gasteiger partial charge in [-0.25, -0.2) is 13.8 Å². The molecule has 0 bridgehead atoms. The maximum absolute atomic E-state index is 14.0. The van der Waals surface area contributed by atoms with Crippen LogP contribution in [0.1, 0.15) is 19.8 Å². The molecule has 4 heterocycles. The quantitative estimate of drug-likeness (QED) is 0.546. The van der Waals surface area contributed by atoms with E-state index in [0.717, 1.165) is 63.1 Å². The number of nitrogens with zero attached hydrogens (tertiary/aromatic N) is 6. The van der Waals surface area contributed by atoms with Crippen LogP contribution >= 0.6 is 11.6 Å². The van der Waals surface area contributed by atoms with Gasteiger partial charge in [-0.15, -0.1) is 0 Å². The largest absolute Gasteiger partial charge is 0.366 e. The minimum absolute atomic E-state index is 0.155. The van der Waals surface area contributed by atoms with Crippen molar-refractivity contribution in [2.24, 2.45) is 0 Å². The fourth-order valence-electron chi connectivity index (χ4n) is 4.57. The van der Waals surface area contributed by atoms with Crippen LogP contribution in [0.2, 0.25) is 5.02 Å². The lowest BCUT2D eigenvalue weighted by Gasteiger charge is -2.42. The van der Waals surface area contributed by atoms with Crippen LogP contribution in [-0.2, 0) is 0 Å². The summed E-state index contributed by atoms with van der Waals surface area (Å²) in [5, 5.41) is 0.636. The third-order valence-corrected chi connectivity index (χ3v) is 6.61. The molecule has 2 fully saturated rings. The van der Waals surface area contributed by atoms with E-state index < -0.39 is 11.6 Å². The Kier molecular flexibility index (Phi) is 6.01. The molecule has 0 unspecified atom stereocenters. The Morgan fingerprint density at radius 2 is 1.76 bits per heavy atom. The molecule has 1 atom stereocenters. The van der Waals surface area contributed by atoms with Crippen LogP contribution in [0.4, 0.5) is 26.2 Å². The van der Waals surface area contributed by atoms with Crippen molar-refractivity contribution in [3.63, 3.8) is 0 Å². The first-order valence-corrected chi connectivity index (χ1v) is 11.6. The zero-order valence-corrected chi connectivity index (χ0v) is 19.1. The molecular weight excluding hydrogens is 446 g/mol. The fraction of sp³-hybridized carbons (Fsp3) is 0.375. The van der Waals surface area contributed by atoms with Crippen LogP contribution in [0, 0.1) is 11.6 Å². The zero-order valence-electron chi connectivity index (χ0n) is 18.4. The van der Waals surface area contributed by atoms with Crippen molar-refractivity contribution in [3.05, 3.63) is 59.4 Å². The first-order valence-electron chi connectivity index (χ1n) is 11.2. The first kappa shape index (κ1) is 21.8. The zero-order chi connectivity index (χ0) is 22.9. The highest BCUT2D eigenvalue weighted by Gasteiger charge is 2.28. The molecule has 1 aromatic carbocycles. The SMILES string of the molecule is C[C@@H]1CN(c2ccncc2Cl)CCN1c1cc(-c2ccc(F)c(F)c2)nc(N2CCCC2)n1. The summed E-state index contributed by atoms with van der Waals surface area (Å²) in [6, 6.07) is 7.86. The molecular formula is C24H25ClF2N6. The predicted molar refractivity (Wildman–Crippen MR) is 127 cm³/mol. The van der Waals surface area contributed by atoms with Crippen molar-refractivity contribution in [2.75, 3.05) is 47.4 Å². The minimum atomic E-state index is -0.883. The highest BCUT2D eigenvalue weighted by atomic mass is 35.5. The number of piperazine rings is 1. The molecule has 0 saturated carbocycles. The standard InChI is InChI=1S/C24H25ClF2N6/c1-16-15-32(22-6-7-28-14-18(22)25)10-11-33(16)23-13-21(17-4-5-19(26)20(27)12-17)29-24(30-23)31-8-2-3-9-31/h4-7,12-14,16H,2-3,8-11,15H2,1H3/t16-/m1/s1. The van der Waals surface area contributed by atoms with Gasteiger partial charge in [-0.05, 0) is 44.0 Å². The maximum atomic E-state index is 14.0. The molecule has 0 spiro atoms. The van der Waals surface area contributed by atoms with Gasteiger partial charge in [-0.3, -0.25) is 4.98 Å². The number of anilines is 3. The van der Waals surface area contributed by atoms with Crippen LogP contribution in [0.5, 0.6) is 0 Å². The predicted octanol–water partition coefficient (Wildman–Crippen LogP) is 4.79. The summed E-state index contributed by atoms with van der Waals surface area (Å²) in [6.07, 6.45) is 5.60. The number of hydrogen-bond acceptors (Lipinski definition) is 6. The lowest BCUT2D eigenvalue weighted by Crippen LogP contribution is -2.52. The maximum Gasteiger partial charge on any atom is 0.227 e.